The van der Waals surface area contributed by atoms with Crippen LogP contribution in [-0.2, 0) is 21.2 Å². The molecule has 0 unspecified atom stereocenters. The van der Waals surface area contributed by atoms with Crippen LogP contribution in [0, 0.1) is 13.8 Å². The van der Waals surface area contributed by atoms with E-state index in [-0.39, 0.29) is 11.3 Å². The molecular formula is C15H16N2O3S. The van der Waals surface area contributed by atoms with Crippen molar-refractivity contribution in [2.45, 2.75) is 25.2 Å². The molecule has 2 rings (SSSR count). The van der Waals surface area contributed by atoms with Crippen LogP contribution in [-0.4, -0.2) is 19.3 Å². The number of rotatable bonds is 4. The number of benzene rings is 1. The quantitative estimate of drug-likeness (QED) is 0.933. The molecular weight excluding hydrogens is 288 g/mol. The highest BCUT2D eigenvalue weighted by molar-refractivity contribution is 7.90. The van der Waals surface area contributed by atoms with Crippen molar-refractivity contribution in [3.63, 3.8) is 0 Å². The van der Waals surface area contributed by atoms with E-state index in [9.17, 15) is 13.2 Å². The van der Waals surface area contributed by atoms with Gasteiger partial charge in [-0.25, -0.2) is 13.1 Å². The van der Waals surface area contributed by atoms with Crippen LogP contribution in [0.15, 0.2) is 47.6 Å². The molecule has 0 atom stereocenters. The molecule has 21 heavy (non-hydrogen) atoms. The van der Waals surface area contributed by atoms with Crippen molar-refractivity contribution in [2.24, 2.45) is 0 Å². The Kier molecular flexibility index (Phi) is 4.37. The van der Waals surface area contributed by atoms with Gasteiger partial charge in [0.05, 0.1) is 11.3 Å². The number of nitrogens with zero attached hydrogens (tertiary/aromatic N) is 1. The van der Waals surface area contributed by atoms with Gasteiger partial charge in [-0.05, 0) is 48.7 Å². The average Bonchev–Trinajstić information content (AvgIpc) is 2.42. The molecule has 1 amide bonds. The molecule has 0 saturated carbocycles. The van der Waals surface area contributed by atoms with Gasteiger partial charge in [-0.3, -0.25) is 9.78 Å². The summed E-state index contributed by atoms with van der Waals surface area (Å²) in [6.45, 7) is 3.72. The van der Waals surface area contributed by atoms with Gasteiger partial charge >= 0.3 is 0 Å². The van der Waals surface area contributed by atoms with Crippen LogP contribution < -0.4 is 4.72 Å². The predicted molar refractivity (Wildman–Crippen MR) is 79.2 cm³/mol. The fourth-order valence-corrected chi connectivity index (χ4v) is 2.88. The van der Waals surface area contributed by atoms with E-state index in [0.717, 1.165) is 11.1 Å². The molecule has 0 radical (unpaired) electrons. The molecule has 0 aliphatic heterocycles. The van der Waals surface area contributed by atoms with Crippen molar-refractivity contribution in [1.29, 1.82) is 0 Å². The van der Waals surface area contributed by atoms with Crippen molar-refractivity contribution in [2.75, 3.05) is 0 Å². The van der Waals surface area contributed by atoms with E-state index in [1.807, 2.05) is 13.8 Å². The first kappa shape index (κ1) is 15.2. The topological polar surface area (TPSA) is 76.1 Å². The van der Waals surface area contributed by atoms with Gasteiger partial charge in [0.15, 0.2) is 0 Å². The van der Waals surface area contributed by atoms with Gasteiger partial charge in [0.2, 0.25) is 5.91 Å². The Balaban J connectivity index is 2.13. The van der Waals surface area contributed by atoms with E-state index >= 15 is 0 Å². The predicted octanol–water partition coefficient (Wildman–Crippen LogP) is 1.75. The first-order valence-corrected chi connectivity index (χ1v) is 7.88. The van der Waals surface area contributed by atoms with Gasteiger partial charge in [0.1, 0.15) is 0 Å². The number of pyridine rings is 1. The van der Waals surface area contributed by atoms with Crippen molar-refractivity contribution in [3.8, 4) is 0 Å². The number of hydrogen-bond acceptors (Lipinski definition) is 4. The number of aryl methyl sites for hydroxylation is 2. The fraction of sp³-hybridized carbons (Fsp3) is 0.200. The number of carbonyl (C=O) groups excluding carboxylic acids is 1. The van der Waals surface area contributed by atoms with Crippen LogP contribution in [0.4, 0.5) is 0 Å². The van der Waals surface area contributed by atoms with Crippen molar-refractivity contribution >= 4 is 15.9 Å². The lowest BCUT2D eigenvalue weighted by Crippen LogP contribution is -2.31. The molecule has 1 N–H and O–H groups in total. The van der Waals surface area contributed by atoms with Crippen LogP contribution in [0.1, 0.15) is 16.7 Å². The van der Waals surface area contributed by atoms with Gasteiger partial charge in [-0.1, -0.05) is 12.1 Å². The second-order valence-electron chi connectivity index (χ2n) is 4.81. The summed E-state index contributed by atoms with van der Waals surface area (Å²) in [6.07, 6.45) is 3.09. The zero-order valence-electron chi connectivity index (χ0n) is 11.8. The summed E-state index contributed by atoms with van der Waals surface area (Å²) >= 11 is 0. The third-order valence-electron chi connectivity index (χ3n) is 3.12. The monoisotopic (exact) mass is 304 g/mol. The molecule has 1 heterocycles. The maximum absolute atomic E-state index is 12.1. The summed E-state index contributed by atoms with van der Waals surface area (Å²) in [4.78, 5) is 15.8. The van der Waals surface area contributed by atoms with Crippen LogP contribution >= 0.6 is 0 Å². The minimum Gasteiger partial charge on any atom is -0.274 e. The van der Waals surface area contributed by atoms with E-state index in [1.54, 1.807) is 30.5 Å². The molecule has 5 nitrogen and oxygen atoms in total. The Morgan fingerprint density at radius 3 is 2.57 bits per heavy atom. The Labute approximate surface area is 124 Å². The van der Waals surface area contributed by atoms with Gasteiger partial charge < -0.3 is 0 Å². The average molecular weight is 304 g/mol. The van der Waals surface area contributed by atoms with Crippen LogP contribution in [0.3, 0.4) is 0 Å². The van der Waals surface area contributed by atoms with Gasteiger partial charge in [-0.15, -0.1) is 0 Å². The maximum atomic E-state index is 12.1. The summed E-state index contributed by atoms with van der Waals surface area (Å²) in [5, 5.41) is 0. The molecule has 0 aliphatic rings. The van der Waals surface area contributed by atoms with Gasteiger partial charge in [-0.2, -0.15) is 0 Å². The smallest absolute Gasteiger partial charge is 0.264 e. The van der Waals surface area contributed by atoms with Crippen molar-refractivity contribution in [1.82, 2.24) is 9.71 Å². The highest BCUT2D eigenvalue weighted by atomic mass is 32.2. The van der Waals surface area contributed by atoms with Crippen LogP contribution in [0.5, 0.6) is 0 Å². The number of sulfonamides is 1. The number of hydrogen-bond donors (Lipinski definition) is 1. The Hall–Kier alpha value is -2.21. The lowest BCUT2D eigenvalue weighted by Gasteiger charge is -2.08. The molecule has 1 aromatic carbocycles. The standard InChI is InChI=1S/C15H16N2O3S/c1-11-5-6-14(8-12(11)2)21(19,20)17-15(18)9-13-4-3-7-16-10-13/h3-8,10H,9H2,1-2H3,(H,17,18). The van der Waals surface area contributed by atoms with Crippen molar-refractivity contribution < 1.29 is 13.2 Å². The maximum Gasteiger partial charge on any atom is 0.264 e. The number of nitrogens with one attached hydrogen (secondary N) is 1. The highest BCUT2D eigenvalue weighted by Gasteiger charge is 2.18. The van der Waals surface area contributed by atoms with Crippen molar-refractivity contribution in [3.05, 3.63) is 59.4 Å². The molecule has 0 aliphatic carbocycles. The molecule has 0 fully saturated rings. The molecule has 0 bridgehead atoms. The number of aromatic nitrogens is 1. The first-order valence-electron chi connectivity index (χ1n) is 6.40. The summed E-state index contributed by atoms with van der Waals surface area (Å²) in [6, 6.07) is 8.17. The second kappa shape index (κ2) is 6.05. The second-order valence-corrected chi connectivity index (χ2v) is 6.50. The largest absolute Gasteiger partial charge is 0.274 e. The van der Waals surface area contributed by atoms with Crippen LogP contribution in [0.25, 0.3) is 0 Å². The highest BCUT2D eigenvalue weighted by Crippen LogP contribution is 2.14. The van der Waals surface area contributed by atoms with Crippen LogP contribution in [0.2, 0.25) is 0 Å². The van der Waals surface area contributed by atoms with E-state index in [1.165, 1.54) is 12.3 Å². The van der Waals surface area contributed by atoms with E-state index in [2.05, 4.69) is 9.71 Å². The van der Waals surface area contributed by atoms with E-state index in [4.69, 9.17) is 0 Å². The molecule has 110 valence electrons. The molecule has 1 aromatic heterocycles. The molecule has 0 spiro atoms. The first-order chi connectivity index (χ1) is 9.88. The lowest BCUT2D eigenvalue weighted by atomic mass is 10.1. The third kappa shape index (κ3) is 3.88. The Bertz CT molecular complexity index is 756. The summed E-state index contributed by atoms with van der Waals surface area (Å²) in [5.41, 5.74) is 2.51. The zero-order chi connectivity index (χ0) is 15.5. The molecule has 6 heteroatoms. The molecule has 0 saturated heterocycles. The SMILES string of the molecule is Cc1ccc(S(=O)(=O)NC(=O)Cc2cccnc2)cc1C. The summed E-state index contributed by atoms with van der Waals surface area (Å²) < 4.78 is 26.4. The van der Waals surface area contributed by atoms with E-state index < -0.39 is 15.9 Å². The summed E-state index contributed by atoms with van der Waals surface area (Å²) in [7, 11) is -3.84. The van der Waals surface area contributed by atoms with Gasteiger partial charge in [0, 0.05) is 12.4 Å². The third-order valence-corrected chi connectivity index (χ3v) is 4.50. The summed E-state index contributed by atoms with van der Waals surface area (Å²) in [5.74, 6) is -0.582. The van der Waals surface area contributed by atoms with E-state index in [0.29, 0.717) is 5.56 Å². The van der Waals surface area contributed by atoms with Gasteiger partial charge in [0.25, 0.3) is 10.0 Å². The Morgan fingerprint density at radius 2 is 1.95 bits per heavy atom. The zero-order valence-corrected chi connectivity index (χ0v) is 12.6. The fourth-order valence-electron chi connectivity index (χ4n) is 1.81. The number of amides is 1. The Morgan fingerprint density at radius 1 is 1.19 bits per heavy atom. The minimum absolute atomic E-state index is 0.0298. The normalized spacial score (nSPS) is 11.1. The minimum atomic E-state index is -3.84. The molecule has 2 aromatic rings. The lowest BCUT2D eigenvalue weighted by molar-refractivity contribution is -0.118. The number of carbonyl (C=O) groups is 1.